The maximum Gasteiger partial charge on any atom is 0.258 e. The van der Waals surface area contributed by atoms with Crippen molar-refractivity contribution in [1.29, 1.82) is 0 Å². The standard InChI is InChI=1S/C18H23NO2S/c1-12(2)18(16-6-5-9-22-16)19-17(20)11-21-15-8-7-13(3)14(4)10-15/h5-10,12,18H,11H2,1-4H3,(H,19,20)/t18-/m1/s1. The lowest BCUT2D eigenvalue weighted by molar-refractivity contribution is -0.124. The molecule has 118 valence electrons. The Labute approximate surface area is 136 Å². The molecule has 0 unspecified atom stereocenters. The van der Waals surface area contributed by atoms with Gasteiger partial charge in [0.05, 0.1) is 6.04 Å². The molecule has 1 N–H and O–H groups in total. The highest BCUT2D eigenvalue weighted by atomic mass is 32.1. The van der Waals surface area contributed by atoms with Crippen LogP contribution in [0.3, 0.4) is 0 Å². The van der Waals surface area contributed by atoms with Gasteiger partial charge in [-0.05, 0) is 54.5 Å². The van der Waals surface area contributed by atoms with E-state index in [2.05, 4.69) is 32.2 Å². The third-order valence-corrected chi connectivity index (χ3v) is 4.64. The highest BCUT2D eigenvalue weighted by Gasteiger charge is 2.19. The molecule has 0 aliphatic heterocycles. The first-order chi connectivity index (χ1) is 10.5. The van der Waals surface area contributed by atoms with E-state index in [1.165, 1.54) is 10.4 Å². The second-order valence-corrected chi connectivity index (χ2v) is 6.82. The SMILES string of the molecule is Cc1ccc(OCC(=O)N[C@@H](c2cccs2)C(C)C)cc1C. The lowest BCUT2D eigenvalue weighted by Crippen LogP contribution is -2.34. The quantitative estimate of drug-likeness (QED) is 0.864. The van der Waals surface area contributed by atoms with E-state index in [9.17, 15) is 4.79 Å². The zero-order chi connectivity index (χ0) is 16.1. The summed E-state index contributed by atoms with van der Waals surface area (Å²) < 4.78 is 5.59. The van der Waals surface area contributed by atoms with Crippen molar-refractivity contribution in [3.8, 4) is 5.75 Å². The average Bonchev–Trinajstić information content (AvgIpc) is 2.99. The minimum atomic E-state index is -0.0923. The first-order valence-electron chi connectivity index (χ1n) is 7.50. The number of nitrogens with one attached hydrogen (secondary N) is 1. The van der Waals surface area contributed by atoms with Crippen molar-refractivity contribution in [2.45, 2.75) is 33.7 Å². The van der Waals surface area contributed by atoms with E-state index in [0.717, 1.165) is 11.3 Å². The van der Waals surface area contributed by atoms with E-state index in [0.29, 0.717) is 5.92 Å². The van der Waals surface area contributed by atoms with Crippen molar-refractivity contribution in [1.82, 2.24) is 5.32 Å². The number of rotatable bonds is 6. The second-order valence-electron chi connectivity index (χ2n) is 5.84. The first-order valence-corrected chi connectivity index (χ1v) is 8.38. The molecule has 4 heteroatoms. The van der Waals surface area contributed by atoms with E-state index in [1.807, 2.05) is 36.6 Å². The average molecular weight is 317 g/mol. The first kappa shape index (κ1) is 16.6. The number of carbonyl (C=O) groups excluding carboxylic acids is 1. The van der Waals surface area contributed by atoms with Crippen LogP contribution in [0.4, 0.5) is 0 Å². The van der Waals surface area contributed by atoms with Crippen molar-refractivity contribution in [2.75, 3.05) is 6.61 Å². The third kappa shape index (κ3) is 4.34. The van der Waals surface area contributed by atoms with Crippen molar-refractivity contribution in [3.63, 3.8) is 0 Å². The van der Waals surface area contributed by atoms with Gasteiger partial charge in [0, 0.05) is 4.88 Å². The molecular formula is C18H23NO2S. The summed E-state index contributed by atoms with van der Waals surface area (Å²) in [6.07, 6.45) is 0. The summed E-state index contributed by atoms with van der Waals surface area (Å²) in [7, 11) is 0. The van der Waals surface area contributed by atoms with Crippen LogP contribution < -0.4 is 10.1 Å². The van der Waals surface area contributed by atoms with Crippen LogP contribution in [0.2, 0.25) is 0 Å². The minimum Gasteiger partial charge on any atom is -0.484 e. The van der Waals surface area contributed by atoms with Gasteiger partial charge in [-0.3, -0.25) is 4.79 Å². The van der Waals surface area contributed by atoms with Gasteiger partial charge in [0.1, 0.15) is 5.75 Å². The van der Waals surface area contributed by atoms with Crippen LogP contribution in [0.1, 0.15) is 35.9 Å². The lowest BCUT2D eigenvalue weighted by Gasteiger charge is -2.21. The Morgan fingerprint density at radius 3 is 2.59 bits per heavy atom. The fraction of sp³-hybridized carbons (Fsp3) is 0.389. The Balaban J connectivity index is 1.92. The Morgan fingerprint density at radius 2 is 2.00 bits per heavy atom. The largest absolute Gasteiger partial charge is 0.484 e. The van der Waals surface area contributed by atoms with Gasteiger partial charge in [-0.1, -0.05) is 26.0 Å². The number of ether oxygens (including phenoxy) is 1. The normalized spacial score (nSPS) is 12.2. The molecular weight excluding hydrogens is 294 g/mol. The third-order valence-electron chi connectivity index (χ3n) is 3.68. The highest BCUT2D eigenvalue weighted by Crippen LogP contribution is 2.25. The van der Waals surface area contributed by atoms with E-state index in [1.54, 1.807) is 11.3 Å². The number of benzene rings is 1. The molecule has 0 aliphatic rings. The van der Waals surface area contributed by atoms with Gasteiger partial charge in [-0.15, -0.1) is 11.3 Å². The summed E-state index contributed by atoms with van der Waals surface area (Å²) in [6.45, 7) is 8.34. The topological polar surface area (TPSA) is 38.3 Å². The molecule has 0 saturated carbocycles. The van der Waals surface area contributed by atoms with Crippen LogP contribution in [0.5, 0.6) is 5.75 Å². The predicted octanol–water partition coefficient (Wildman–Crippen LogP) is 4.26. The fourth-order valence-electron chi connectivity index (χ4n) is 2.20. The number of hydrogen-bond donors (Lipinski definition) is 1. The number of thiophene rings is 1. The molecule has 2 aromatic rings. The van der Waals surface area contributed by atoms with Gasteiger partial charge < -0.3 is 10.1 Å². The summed E-state index contributed by atoms with van der Waals surface area (Å²) >= 11 is 1.66. The minimum absolute atomic E-state index is 0.0378. The molecule has 0 fully saturated rings. The van der Waals surface area contributed by atoms with Gasteiger partial charge in [-0.2, -0.15) is 0 Å². The highest BCUT2D eigenvalue weighted by molar-refractivity contribution is 7.10. The smallest absolute Gasteiger partial charge is 0.258 e. The van der Waals surface area contributed by atoms with Crippen LogP contribution in [-0.4, -0.2) is 12.5 Å². The molecule has 0 saturated heterocycles. The molecule has 0 bridgehead atoms. The summed E-state index contributed by atoms with van der Waals surface area (Å²) in [6, 6.07) is 9.96. The van der Waals surface area contributed by atoms with E-state index < -0.39 is 0 Å². The molecule has 1 aromatic heterocycles. The molecule has 3 nitrogen and oxygen atoms in total. The zero-order valence-corrected chi connectivity index (χ0v) is 14.4. The van der Waals surface area contributed by atoms with Crippen LogP contribution in [0.25, 0.3) is 0 Å². The van der Waals surface area contributed by atoms with Crippen LogP contribution in [-0.2, 0) is 4.79 Å². The van der Waals surface area contributed by atoms with E-state index in [-0.39, 0.29) is 18.6 Å². The number of aryl methyl sites for hydroxylation is 2. The van der Waals surface area contributed by atoms with E-state index in [4.69, 9.17) is 4.74 Å². The monoisotopic (exact) mass is 317 g/mol. The molecule has 0 aliphatic carbocycles. The van der Waals surface area contributed by atoms with Crippen molar-refractivity contribution in [3.05, 3.63) is 51.7 Å². The van der Waals surface area contributed by atoms with Gasteiger partial charge in [0.2, 0.25) is 0 Å². The van der Waals surface area contributed by atoms with Crippen molar-refractivity contribution in [2.24, 2.45) is 5.92 Å². The summed E-state index contributed by atoms with van der Waals surface area (Å²) in [5.74, 6) is 0.977. The van der Waals surface area contributed by atoms with Crippen molar-refractivity contribution >= 4 is 17.2 Å². The Bertz CT molecular complexity index is 620. The Kier molecular flexibility index (Phi) is 5.61. The molecule has 0 spiro atoms. The molecule has 1 atom stereocenters. The van der Waals surface area contributed by atoms with Gasteiger partial charge in [0.25, 0.3) is 5.91 Å². The predicted molar refractivity (Wildman–Crippen MR) is 91.5 cm³/mol. The Hall–Kier alpha value is -1.81. The van der Waals surface area contributed by atoms with Gasteiger partial charge in [-0.25, -0.2) is 0 Å². The van der Waals surface area contributed by atoms with Gasteiger partial charge >= 0.3 is 0 Å². The van der Waals surface area contributed by atoms with Crippen LogP contribution in [0.15, 0.2) is 35.7 Å². The fourth-order valence-corrected chi connectivity index (χ4v) is 3.15. The van der Waals surface area contributed by atoms with Crippen LogP contribution >= 0.6 is 11.3 Å². The lowest BCUT2D eigenvalue weighted by atomic mass is 10.0. The number of carbonyl (C=O) groups is 1. The zero-order valence-electron chi connectivity index (χ0n) is 13.6. The Morgan fingerprint density at radius 1 is 1.23 bits per heavy atom. The molecule has 0 radical (unpaired) electrons. The summed E-state index contributed by atoms with van der Waals surface area (Å²) in [4.78, 5) is 13.3. The molecule has 22 heavy (non-hydrogen) atoms. The molecule has 1 heterocycles. The summed E-state index contributed by atoms with van der Waals surface area (Å²) in [5, 5.41) is 5.09. The number of amides is 1. The number of hydrogen-bond acceptors (Lipinski definition) is 3. The molecule has 1 amide bonds. The van der Waals surface area contributed by atoms with Crippen molar-refractivity contribution < 1.29 is 9.53 Å². The maximum absolute atomic E-state index is 12.1. The van der Waals surface area contributed by atoms with Gasteiger partial charge in [0.15, 0.2) is 6.61 Å². The summed E-state index contributed by atoms with van der Waals surface area (Å²) in [5.41, 5.74) is 2.38. The van der Waals surface area contributed by atoms with Crippen LogP contribution in [0, 0.1) is 19.8 Å². The second kappa shape index (κ2) is 7.45. The van der Waals surface area contributed by atoms with E-state index >= 15 is 0 Å². The molecule has 1 aromatic carbocycles. The maximum atomic E-state index is 12.1. The molecule has 2 rings (SSSR count).